The van der Waals surface area contributed by atoms with Gasteiger partial charge < -0.3 is 10.1 Å². The first-order chi connectivity index (χ1) is 9.46. The van der Waals surface area contributed by atoms with E-state index >= 15 is 0 Å². The lowest BCUT2D eigenvalue weighted by molar-refractivity contribution is -0.274. The third-order valence-electron chi connectivity index (χ3n) is 2.25. The maximum Gasteiger partial charge on any atom is 0.573 e. The van der Waals surface area contributed by atoms with Gasteiger partial charge >= 0.3 is 6.36 Å². The van der Waals surface area contributed by atoms with Crippen LogP contribution in [0.15, 0.2) is 42.6 Å². The molecule has 0 bridgehead atoms. The maximum atomic E-state index is 12.0. The van der Waals surface area contributed by atoms with Gasteiger partial charge in [-0.25, -0.2) is 4.98 Å². The first kappa shape index (κ1) is 13.7. The monoisotopic (exact) mass is 279 g/mol. The fourth-order valence-electron chi connectivity index (χ4n) is 1.48. The summed E-state index contributed by atoms with van der Waals surface area (Å²) in [6.45, 7) is 0. The van der Waals surface area contributed by atoms with Gasteiger partial charge in [-0.15, -0.1) is 13.2 Å². The zero-order valence-electron chi connectivity index (χ0n) is 9.98. The van der Waals surface area contributed by atoms with Crippen LogP contribution in [0.2, 0.25) is 0 Å². The van der Waals surface area contributed by atoms with Crippen LogP contribution in [0.4, 0.5) is 24.5 Å². The van der Waals surface area contributed by atoms with Crippen LogP contribution >= 0.6 is 0 Å². The molecule has 0 amide bonds. The number of nitriles is 1. The molecule has 0 saturated carbocycles. The number of rotatable bonds is 3. The van der Waals surface area contributed by atoms with Gasteiger partial charge in [0.2, 0.25) is 0 Å². The minimum atomic E-state index is -4.71. The molecule has 0 spiro atoms. The molecule has 0 unspecified atom stereocenters. The van der Waals surface area contributed by atoms with E-state index in [2.05, 4.69) is 15.0 Å². The number of aromatic nitrogens is 1. The van der Waals surface area contributed by atoms with Gasteiger partial charge in [-0.2, -0.15) is 5.26 Å². The number of benzene rings is 1. The van der Waals surface area contributed by atoms with Crippen molar-refractivity contribution >= 4 is 11.4 Å². The smallest absolute Gasteiger partial charge is 0.406 e. The van der Waals surface area contributed by atoms with E-state index in [1.807, 2.05) is 6.07 Å². The van der Waals surface area contributed by atoms with Crippen molar-refractivity contribution in [1.82, 2.24) is 4.98 Å². The van der Waals surface area contributed by atoms with E-state index in [9.17, 15) is 13.2 Å². The number of hydrogen-bond donors (Lipinski definition) is 1. The number of pyridine rings is 1. The van der Waals surface area contributed by atoms with Crippen molar-refractivity contribution in [2.45, 2.75) is 6.36 Å². The molecule has 0 aliphatic heterocycles. The van der Waals surface area contributed by atoms with E-state index < -0.39 is 6.36 Å². The second kappa shape index (κ2) is 5.48. The lowest BCUT2D eigenvalue weighted by Crippen LogP contribution is -2.16. The van der Waals surface area contributed by atoms with E-state index in [1.165, 1.54) is 36.5 Å². The van der Waals surface area contributed by atoms with Crippen LogP contribution in [-0.4, -0.2) is 11.3 Å². The lowest BCUT2D eigenvalue weighted by Gasteiger charge is -2.10. The van der Waals surface area contributed by atoms with Crippen molar-refractivity contribution in [3.63, 3.8) is 0 Å². The molecule has 0 aliphatic rings. The average Bonchev–Trinajstić information content (AvgIpc) is 2.40. The molecule has 0 aliphatic carbocycles. The average molecular weight is 279 g/mol. The molecular formula is C13H8F3N3O. The van der Waals surface area contributed by atoms with Crippen LogP contribution in [-0.2, 0) is 0 Å². The number of nitrogens with one attached hydrogen (secondary N) is 1. The molecule has 2 aromatic rings. The second-order valence-corrected chi connectivity index (χ2v) is 3.74. The Kier molecular flexibility index (Phi) is 3.75. The fraction of sp³-hybridized carbons (Fsp3) is 0.0769. The van der Waals surface area contributed by atoms with Crippen LogP contribution in [0.5, 0.6) is 5.75 Å². The Labute approximate surface area is 112 Å². The third-order valence-corrected chi connectivity index (χ3v) is 2.25. The molecule has 20 heavy (non-hydrogen) atoms. The Balaban J connectivity index is 2.09. The first-order valence-corrected chi connectivity index (χ1v) is 5.45. The topological polar surface area (TPSA) is 57.9 Å². The molecule has 1 aromatic carbocycles. The molecule has 2 rings (SSSR count). The van der Waals surface area contributed by atoms with E-state index in [-0.39, 0.29) is 11.4 Å². The zero-order valence-corrected chi connectivity index (χ0v) is 9.98. The highest BCUT2D eigenvalue weighted by Gasteiger charge is 2.30. The number of halogens is 3. The Morgan fingerprint density at radius 1 is 1.10 bits per heavy atom. The molecule has 1 N–H and O–H groups in total. The van der Waals surface area contributed by atoms with Crippen molar-refractivity contribution < 1.29 is 17.9 Å². The van der Waals surface area contributed by atoms with Crippen molar-refractivity contribution in [2.24, 2.45) is 0 Å². The van der Waals surface area contributed by atoms with Crippen LogP contribution < -0.4 is 10.1 Å². The highest BCUT2D eigenvalue weighted by Crippen LogP contribution is 2.25. The SMILES string of the molecule is N#Cc1cc(Nc2ccc(OC(F)(F)F)cc2)ccn1. The van der Waals surface area contributed by atoms with Gasteiger partial charge in [0.05, 0.1) is 0 Å². The molecule has 0 saturated heterocycles. The molecule has 0 fully saturated rings. The molecule has 1 heterocycles. The van der Waals surface area contributed by atoms with Crippen molar-refractivity contribution in [1.29, 1.82) is 5.26 Å². The molecule has 0 atom stereocenters. The summed E-state index contributed by atoms with van der Waals surface area (Å²) in [5.74, 6) is -0.296. The van der Waals surface area contributed by atoms with Crippen molar-refractivity contribution in [3.05, 3.63) is 48.3 Å². The van der Waals surface area contributed by atoms with Gasteiger partial charge in [0.25, 0.3) is 0 Å². The van der Waals surface area contributed by atoms with Crippen molar-refractivity contribution in [3.8, 4) is 11.8 Å². The minimum Gasteiger partial charge on any atom is -0.406 e. The Morgan fingerprint density at radius 3 is 2.40 bits per heavy atom. The fourth-order valence-corrected chi connectivity index (χ4v) is 1.48. The Hall–Kier alpha value is -2.75. The van der Waals surface area contributed by atoms with E-state index in [0.29, 0.717) is 11.4 Å². The lowest BCUT2D eigenvalue weighted by atomic mass is 10.2. The molecule has 4 nitrogen and oxygen atoms in total. The summed E-state index contributed by atoms with van der Waals surface area (Å²) >= 11 is 0. The summed E-state index contributed by atoms with van der Waals surface area (Å²) in [6.07, 6.45) is -3.25. The normalized spacial score (nSPS) is 10.7. The largest absolute Gasteiger partial charge is 0.573 e. The van der Waals surface area contributed by atoms with Gasteiger partial charge in [0.1, 0.15) is 17.5 Å². The Morgan fingerprint density at radius 2 is 1.80 bits per heavy atom. The number of hydrogen-bond acceptors (Lipinski definition) is 4. The Bertz CT molecular complexity index is 633. The highest BCUT2D eigenvalue weighted by molar-refractivity contribution is 5.60. The van der Waals surface area contributed by atoms with Gasteiger partial charge in [0.15, 0.2) is 0 Å². The summed E-state index contributed by atoms with van der Waals surface area (Å²) in [4.78, 5) is 3.81. The molecule has 0 radical (unpaired) electrons. The number of ether oxygens (including phenoxy) is 1. The molecule has 1 aromatic heterocycles. The van der Waals surface area contributed by atoms with Gasteiger partial charge in [-0.3, -0.25) is 0 Å². The minimum absolute atomic E-state index is 0.243. The summed E-state index contributed by atoms with van der Waals surface area (Å²) in [5.41, 5.74) is 1.42. The van der Waals surface area contributed by atoms with Gasteiger partial charge in [0, 0.05) is 17.6 Å². The summed E-state index contributed by atoms with van der Waals surface area (Å²) in [5, 5.41) is 11.7. The van der Waals surface area contributed by atoms with Crippen LogP contribution in [0.1, 0.15) is 5.69 Å². The quantitative estimate of drug-likeness (QED) is 0.932. The summed E-state index contributed by atoms with van der Waals surface area (Å²) < 4.78 is 39.8. The highest BCUT2D eigenvalue weighted by atomic mass is 19.4. The molecule has 7 heteroatoms. The van der Waals surface area contributed by atoms with Gasteiger partial charge in [-0.05, 0) is 36.4 Å². The van der Waals surface area contributed by atoms with E-state index in [4.69, 9.17) is 5.26 Å². The van der Waals surface area contributed by atoms with Crippen molar-refractivity contribution in [2.75, 3.05) is 5.32 Å². The maximum absolute atomic E-state index is 12.0. The number of alkyl halides is 3. The standard InChI is InChI=1S/C13H8F3N3O/c14-13(15,16)20-12-3-1-9(2-4-12)19-10-5-6-18-11(7-10)8-17/h1-7H,(H,18,19). The van der Waals surface area contributed by atoms with E-state index in [0.717, 1.165) is 0 Å². The first-order valence-electron chi connectivity index (χ1n) is 5.45. The van der Waals surface area contributed by atoms with Crippen LogP contribution in [0.3, 0.4) is 0 Å². The van der Waals surface area contributed by atoms with E-state index in [1.54, 1.807) is 6.07 Å². The third kappa shape index (κ3) is 3.88. The number of anilines is 2. The van der Waals surface area contributed by atoms with Crippen LogP contribution in [0, 0.1) is 11.3 Å². The predicted octanol–water partition coefficient (Wildman–Crippen LogP) is 3.60. The predicted molar refractivity (Wildman–Crippen MR) is 65.4 cm³/mol. The molecular weight excluding hydrogens is 271 g/mol. The van der Waals surface area contributed by atoms with Crippen LogP contribution in [0.25, 0.3) is 0 Å². The summed E-state index contributed by atoms with van der Waals surface area (Å²) in [6, 6.07) is 10.3. The number of nitrogens with zero attached hydrogens (tertiary/aromatic N) is 2. The zero-order chi connectivity index (χ0) is 14.6. The summed E-state index contributed by atoms with van der Waals surface area (Å²) in [7, 11) is 0. The molecule has 102 valence electrons. The van der Waals surface area contributed by atoms with Gasteiger partial charge in [-0.1, -0.05) is 0 Å². The second-order valence-electron chi connectivity index (χ2n) is 3.74.